The lowest BCUT2D eigenvalue weighted by molar-refractivity contribution is -0.127. The van der Waals surface area contributed by atoms with Gasteiger partial charge in [0.2, 0.25) is 5.91 Å². The van der Waals surface area contributed by atoms with Crippen LogP contribution in [0.4, 0.5) is 0 Å². The molecule has 3 nitrogen and oxygen atoms in total. The van der Waals surface area contributed by atoms with E-state index in [1.165, 1.54) is 11.8 Å². The summed E-state index contributed by atoms with van der Waals surface area (Å²) in [6.45, 7) is 0.420. The van der Waals surface area contributed by atoms with E-state index in [-0.39, 0.29) is 17.2 Å². The molecule has 1 aliphatic heterocycles. The third-order valence-electron chi connectivity index (χ3n) is 1.28. The molecule has 58 valence electrons. The second-order valence-corrected chi connectivity index (χ2v) is 3.86. The van der Waals surface area contributed by atoms with Crippen LogP contribution in [0.1, 0.15) is 0 Å². The van der Waals surface area contributed by atoms with Crippen LogP contribution < -0.4 is 0 Å². The standard InChI is InChI=1S/C5H9NO2S2/c7-2-1-6-4(8)3-10-5(6)9/h5,7,9H,1-3H2. The molecule has 0 saturated carbocycles. The molecule has 1 rings (SSSR count). The van der Waals surface area contributed by atoms with Gasteiger partial charge < -0.3 is 10.0 Å². The van der Waals surface area contributed by atoms with Crippen molar-refractivity contribution in [1.82, 2.24) is 4.90 Å². The summed E-state index contributed by atoms with van der Waals surface area (Å²) in [5.74, 6) is 0.563. The molecule has 1 amide bonds. The molecule has 0 bridgehead atoms. The van der Waals surface area contributed by atoms with Crippen LogP contribution in [0.25, 0.3) is 0 Å². The molecule has 0 spiro atoms. The molecule has 1 heterocycles. The fourth-order valence-corrected chi connectivity index (χ4v) is 2.11. The Labute approximate surface area is 69.2 Å². The third-order valence-corrected chi connectivity index (χ3v) is 2.98. The van der Waals surface area contributed by atoms with Gasteiger partial charge in [-0.05, 0) is 0 Å². The first kappa shape index (κ1) is 8.23. The van der Waals surface area contributed by atoms with E-state index in [4.69, 9.17) is 5.11 Å². The molecule has 0 aromatic carbocycles. The highest BCUT2D eigenvalue weighted by Crippen LogP contribution is 2.26. The molecule has 1 fully saturated rings. The molecule has 0 aromatic heterocycles. The van der Waals surface area contributed by atoms with Crippen molar-refractivity contribution >= 4 is 30.3 Å². The summed E-state index contributed by atoms with van der Waals surface area (Å²) < 4.78 is -0.0559. The van der Waals surface area contributed by atoms with E-state index in [0.717, 1.165) is 0 Å². The number of thioether (sulfide) groups is 1. The fraction of sp³-hybridized carbons (Fsp3) is 0.800. The van der Waals surface area contributed by atoms with E-state index >= 15 is 0 Å². The van der Waals surface area contributed by atoms with Gasteiger partial charge in [-0.3, -0.25) is 4.79 Å². The van der Waals surface area contributed by atoms with Crippen LogP contribution in [0.15, 0.2) is 0 Å². The summed E-state index contributed by atoms with van der Waals surface area (Å²) in [4.78, 5) is 12.5. The zero-order valence-corrected chi connectivity index (χ0v) is 7.07. The number of rotatable bonds is 2. The molecule has 1 aliphatic rings. The first-order valence-electron chi connectivity index (χ1n) is 2.95. The van der Waals surface area contributed by atoms with Crippen LogP contribution in [0.2, 0.25) is 0 Å². The molecule has 5 heteroatoms. The minimum absolute atomic E-state index is 0.0172. The summed E-state index contributed by atoms with van der Waals surface area (Å²) in [5.41, 5.74) is 0. The maximum absolute atomic E-state index is 10.9. The monoisotopic (exact) mass is 179 g/mol. The van der Waals surface area contributed by atoms with E-state index in [9.17, 15) is 4.79 Å². The molecule has 0 radical (unpaired) electrons. The number of carbonyl (C=O) groups excluding carboxylic acids is 1. The number of nitrogens with zero attached hydrogens (tertiary/aromatic N) is 1. The number of hydrogen-bond acceptors (Lipinski definition) is 4. The van der Waals surface area contributed by atoms with E-state index in [2.05, 4.69) is 12.6 Å². The Morgan fingerprint density at radius 2 is 2.60 bits per heavy atom. The quantitative estimate of drug-likeness (QED) is 0.575. The van der Waals surface area contributed by atoms with Crippen molar-refractivity contribution in [1.29, 1.82) is 0 Å². The van der Waals surface area contributed by atoms with E-state index in [1.54, 1.807) is 4.90 Å². The van der Waals surface area contributed by atoms with Crippen molar-refractivity contribution in [2.24, 2.45) is 0 Å². The average Bonchev–Trinajstić information content (AvgIpc) is 2.20. The van der Waals surface area contributed by atoms with Crippen LogP contribution in [0, 0.1) is 0 Å². The van der Waals surface area contributed by atoms with Crippen LogP contribution in [0.5, 0.6) is 0 Å². The van der Waals surface area contributed by atoms with Crippen molar-refractivity contribution in [3.05, 3.63) is 0 Å². The Bertz CT molecular complexity index is 142. The van der Waals surface area contributed by atoms with Crippen molar-refractivity contribution in [2.45, 2.75) is 4.71 Å². The molecule has 0 aromatic rings. The van der Waals surface area contributed by atoms with Gasteiger partial charge >= 0.3 is 0 Å². The lowest BCUT2D eigenvalue weighted by atomic mass is 10.5. The second-order valence-electron chi connectivity index (χ2n) is 1.95. The van der Waals surface area contributed by atoms with Crippen LogP contribution in [-0.4, -0.2) is 39.5 Å². The van der Waals surface area contributed by atoms with Gasteiger partial charge in [-0.15, -0.1) is 24.4 Å². The highest BCUT2D eigenvalue weighted by atomic mass is 32.2. The molecule has 1 unspecified atom stereocenters. The maximum atomic E-state index is 10.9. The zero-order chi connectivity index (χ0) is 7.56. The topological polar surface area (TPSA) is 40.5 Å². The predicted octanol–water partition coefficient (Wildman–Crippen LogP) is -0.232. The van der Waals surface area contributed by atoms with Gasteiger partial charge in [-0.25, -0.2) is 0 Å². The first-order valence-corrected chi connectivity index (χ1v) is 4.52. The van der Waals surface area contributed by atoms with Gasteiger partial charge in [0.1, 0.15) is 4.71 Å². The summed E-state index contributed by atoms with van der Waals surface area (Å²) in [6.07, 6.45) is 0. The predicted molar refractivity (Wildman–Crippen MR) is 44.0 cm³/mol. The number of amides is 1. The number of β-amino-alcohol motifs (C(OH)–C–C–N with tert-alkyl or cyclic N) is 1. The van der Waals surface area contributed by atoms with E-state index in [0.29, 0.717) is 12.3 Å². The Morgan fingerprint density at radius 1 is 1.90 bits per heavy atom. The van der Waals surface area contributed by atoms with Gasteiger partial charge in [0.25, 0.3) is 0 Å². The highest BCUT2D eigenvalue weighted by Gasteiger charge is 2.27. The maximum Gasteiger partial charge on any atom is 0.234 e. The summed E-state index contributed by atoms with van der Waals surface area (Å²) in [7, 11) is 0. The number of carbonyl (C=O) groups is 1. The fourth-order valence-electron chi connectivity index (χ4n) is 0.785. The van der Waals surface area contributed by atoms with Crippen molar-refractivity contribution < 1.29 is 9.90 Å². The Hall–Kier alpha value is 0.130. The van der Waals surface area contributed by atoms with Gasteiger partial charge in [0.05, 0.1) is 12.4 Å². The Balaban J connectivity index is 2.46. The van der Waals surface area contributed by atoms with Gasteiger partial charge in [0.15, 0.2) is 0 Å². The first-order chi connectivity index (χ1) is 4.75. The molecule has 1 saturated heterocycles. The summed E-state index contributed by atoms with van der Waals surface area (Å²) in [6, 6.07) is 0. The average molecular weight is 179 g/mol. The summed E-state index contributed by atoms with van der Waals surface area (Å²) >= 11 is 5.62. The van der Waals surface area contributed by atoms with Crippen LogP contribution in [0.3, 0.4) is 0 Å². The van der Waals surface area contributed by atoms with Gasteiger partial charge in [0, 0.05) is 6.54 Å². The Morgan fingerprint density at radius 3 is 3.00 bits per heavy atom. The molecular weight excluding hydrogens is 170 g/mol. The number of thiol groups is 1. The molecule has 10 heavy (non-hydrogen) atoms. The van der Waals surface area contributed by atoms with Gasteiger partial charge in [-0.2, -0.15) is 0 Å². The number of aliphatic hydroxyl groups is 1. The van der Waals surface area contributed by atoms with Crippen molar-refractivity contribution in [3.8, 4) is 0 Å². The minimum atomic E-state index is -0.0559. The molecule has 1 N–H and O–H groups in total. The lowest BCUT2D eigenvalue weighted by Gasteiger charge is -2.17. The van der Waals surface area contributed by atoms with Crippen molar-refractivity contribution in [2.75, 3.05) is 18.9 Å². The van der Waals surface area contributed by atoms with E-state index in [1.807, 2.05) is 0 Å². The van der Waals surface area contributed by atoms with E-state index < -0.39 is 0 Å². The lowest BCUT2D eigenvalue weighted by Crippen LogP contribution is -2.32. The number of aliphatic hydroxyl groups excluding tert-OH is 1. The largest absolute Gasteiger partial charge is 0.395 e. The SMILES string of the molecule is O=C1CSC(S)N1CCO. The number of hydrogen-bond donors (Lipinski definition) is 2. The van der Waals surface area contributed by atoms with Crippen molar-refractivity contribution in [3.63, 3.8) is 0 Å². The van der Waals surface area contributed by atoms with Crippen LogP contribution >= 0.6 is 24.4 Å². The second kappa shape index (κ2) is 3.50. The normalized spacial score (nSPS) is 26.0. The molecule has 0 aliphatic carbocycles. The van der Waals surface area contributed by atoms with Crippen LogP contribution in [-0.2, 0) is 4.79 Å². The molecular formula is C5H9NO2S2. The third kappa shape index (κ3) is 1.59. The minimum Gasteiger partial charge on any atom is -0.395 e. The Kier molecular flexibility index (Phi) is 2.88. The summed E-state index contributed by atoms with van der Waals surface area (Å²) in [5, 5.41) is 8.53. The highest BCUT2D eigenvalue weighted by molar-refractivity contribution is 8.11. The molecule has 1 atom stereocenters. The smallest absolute Gasteiger partial charge is 0.234 e. The zero-order valence-electron chi connectivity index (χ0n) is 5.36. The van der Waals surface area contributed by atoms with Gasteiger partial charge in [-0.1, -0.05) is 0 Å².